The lowest BCUT2D eigenvalue weighted by Crippen LogP contribution is -2.48. The van der Waals surface area contributed by atoms with E-state index in [1.54, 1.807) is 11.1 Å². The van der Waals surface area contributed by atoms with Crippen molar-refractivity contribution < 1.29 is 33.5 Å². The molecule has 0 aromatic carbocycles. The molecule has 1 N–H and O–H groups in total. The van der Waals surface area contributed by atoms with E-state index in [2.05, 4.69) is 113 Å². The van der Waals surface area contributed by atoms with Gasteiger partial charge in [-0.3, -0.25) is 0 Å². The van der Waals surface area contributed by atoms with Crippen LogP contribution in [0.1, 0.15) is 359 Å². The summed E-state index contributed by atoms with van der Waals surface area (Å²) in [6, 6.07) is 0. The third-order valence-electron chi connectivity index (χ3n) is 27.8. The average Bonchev–Trinajstić information content (AvgIpc) is 1.31. The maximum atomic E-state index is 10.1. The van der Waals surface area contributed by atoms with Gasteiger partial charge in [-0.05, 0) is 273 Å². The molecule has 0 spiro atoms. The zero-order valence-corrected chi connectivity index (χ0v) is 67.9. The first-order valence-corrected chi connectivity index (χ1v) is 44.6. The molecule has 0 amide bonds. The van der Waals surface area contributed by atoms with Crippen molar-refractivity contribution >= 4 is 0 Å². The Morgan fingerprint density at radius 2 is 0.760 bits per heavy atom. The largest absolute Gasteiger partial charge is 0.388 e. The molecule has 18 atom stereocenters. The van der Waals surface area contributed by atoms with Gasteiger partial charge in [-0.15, -0.1) is 0 Å². The SMILES string of the molecule is CCCCC/C=C\CCCOC[C@@H](C)COCCCCCCCO[C@H]1CC[C@@]2(C)C(=CC[C@H]3C4CC[C@H]([C@H](C)CCCC(C)C)[C@H]4CCC32)C1.CCCCC/C=C\CCCOC[C@H](O)COCCCCCCCO[C@H]1CC[C@@]2(C)C(=CC[C@H]3C4CC[C@H]([C@H](C)CCCC(C)C)[C@H]4CCC32)C1. The van der Waals surface area contributed by atoms with E-state index in [-0.39, 0.29) is 0 Å². The lowest BCUT2D eigenvalue weighted by molar-refractivity contribution is -0.0331. The van der Waals surface area contributed by atoms with Crippen molar-refractivity contribution in [1.82, 2.24) is 0 Å². The molecule has 0 bridgehead atoms. The zero-order chi connectivity index (χ0) is 71.2. The summed E-state index contributed by atoms with van der Waals surface area (Å²) in [5.41, 5.74) is 4.44. The highest BCUT2D eigenvalue weighted by atomic mass is 16.5. The highest BCUT2D eigenvalue weighted by Gasteiger charge is 2.56. The van der Waals surface area contributed by atoms with E-state index in [1.165, 1.54) is 250 Å². The van der Waals surface area contributed by atoms with Crippen LogP contribution in [0.25, 0.3) is 0 Å². The lowest BCUT2D eigenvalue weighted by Gasteiger charge is -2.55. The summed E-state index contributed by atoms with van der Waals surface area (Å²) < 4.78 is 36.2. The van der Waals surface area contributed by atoms with Crippen LogP contribution in [0, 0.1) is 99.6 Å². The number of allylic oxidation sites excluding steroid dienone is 6. The number of aliphatic hydroxyl groups is 1. The van der Waals surface area contributed by atoms with E-state index in [0.29, 0.717) is 48.8 Å². The normalized spacial score (nSPS) is 30.7. The van der Waals surface area contributed by atoms with Gasteiger partial charge in [-0.1, -0.05) is 226 Å². The summed E-state index contributed by atoms with van der Waals surface area (Å²) in [7, 11) is 0. The molecular weight excluding hydrogens is 1230 g/mol. The van der Waals surface area contributed by atoms with Crippen LogP contribution in [-0.4, -0.2) is 89.5 Å². The molecule has 100 heavy (non-hydrogen) atoms. The number of rotatable bonds is 52. The molecule has 8 aliphatic carbocycles. The Kier molecular flexibility index (Phi) is 42.0. The van der Waals surface area contributed by atoms with Gasteiger partial charge < -0.3 is 33.5 Å². The Hall–Kier alpha value is -1.32. The van der Waals surface area contributed by atoms with Crippen molar-refractivity contribution in [2.75, 3.05) is 66.1 Å². The van der Waals surface area contributed by atoms with Crippen molar-refractivity contribution in [2.24, 2.45) is 99.6 Å². The summed E-state index contributed by atoms with van der Waals surface area (Å²) in [4.78, 5) is 0. The summed E-state index contributed by atoms with van der Waals surface area (Å²) >= 11 is 0. The van der Waals surface area contributed by atoms with Crippen molar-refractivity contribution in [3.05, 3.63) is 47.6 Å². The van der Waals surface area contributed by atoms with E-state index in [9.17, 15) is 5.11 Å². The molecule has 0 aromatic heterocycles. The summed E-state index contributed by atoms with van der Waals surface area (Å²) in [5.74, 6) is 13.9. The average molecular weight is 1400 g/mol. The summed E-state index contributed by atoms with van der Waals surface area (Å²) in [6.07, 6.45) is 72.9. The van der Waals surface area contributed by atoms with Gasteiger partial charge in [0.25, 0.3) is 0 Å². The topological polar surface area (TPSA) is 75.6 Å². The van der Waals surface area contributed by atoms with Gasteiger partial charge >= 0.3 is 0 Å². The maximum absolute atomic E-state index is 10.1. The van der Waals surface area contributed by atoms with Crippen LogP contribution in [0.3, 0.4) is 0 Å². The Labute approximate surface area is 620 Å². The first kappa shape index (κ1) is 85.9. The van der Waals surface area contributed by atoms with Gasteiger partial charge in [-0.25, -0.2) is 0 Å². The molecule has 0 aliphatic heterocycles. The molecule has 4 unspecified atom stereocenters. The minimum absolute atomic E-state index is 0.373. The molecule has 8 aliphatic rings. The van der Waals surface area contributed by atoms with Gasteiger partial charge in [0.15, 0.2) is 0 Å². The molecule has 6 saturated carbocycles. The van der Waals surface area contributed by atoms with E-state index >= 15 is 0 Å². The van der Waals surface area contributed by atoms with Gasteiger partial charge in [0, 0.05) is 45.6 Å². The molecule has 8 rings (SSSR count). The molecule has 0 aromatic rings. The molecule has 0 heterocycles. The third-order valence-corrected chi connectivity index (χ3v) is 27.8. The standard InChI is InChI=1S/C47H84O3.C46H82O4/c1-7-8-9-10-11-12-14-17-31-48-35-38(4)36-49-32-18-15-13-16-19-33-50-41-29-30-47(6)40(34-41)23-24-45-44-26-25-42(43(44)27-28-46(45)47)39(5)22-20-21-37(2)3;1-6-7-8-9-10-11-13-16-30-48-34-39(47)35-49-31-17-14-12-15-18-32-50-40-28-29-46(5)38(33-40)22-23-44-43-25-24-41(42(43)26-27-45(44)46)37(4)21-19-20-36(2)3/h11-12,23,37-39,41-46H,7-10,13-22,24-36H2,1-6H3;10-11,22,36-37,39-45,47H,6-9,12-21,23-35H2,1-5H3/b12-11-;11-10-/t38-,39-,41+,42-,43-,44?,45+,46?,47+;37-,39+,40+,41-,42-,43?,44+,45?,46+/m11/s1. The van der Waals surface area contributed by atoms with Crippen LogP contribution >= 0.6 is 0 Å². The van der Waals surface area contributed by atoms with Crippen molar-refractivity contribution in [1.29, 1.82) is 0 Å². The van der Waals surface area contributed by atoms with Crippen LogP contribution in [0.2, 0.25) is 0 Å². The second kappa shape index (κ2) is 48.9. The summed E-state index contributed by atoms with van der Waals surface area (Å²) in [5, 5.41) is 10.1. The van der Waals surface area contributed by atoms with Gasteiger partial charge in [0.05, 0.1) is 38.6 Å². The van der Waals surface area contributed by atoms with Crippen molar-refractivity contribution in [3.8, 4) is 0 Å². The van der Waals surface area contributed by atoms with Gasteiger partial charge in [0.2, 0.25) is 0 Å². The fraction of sp³-hybridized carbons (Fsp3) is 0.914. The van der Waals surface area contributed by atoms with Crippen LogP contribution in [0.5, 0.6) is 0 Å². The quantitative estimate of drug-likeness (QED) is 0.0480. The van der Waals surface area contributed by atoms with Crippen LogP contribution in [-0.2, 0) is 28.4 Å². The fourth-order valence-electron chi connectivity index (χ4n) is 21.9. The Balaban J connectivity index is 0.000000281. The van der Waals surface area contributed by atoms with Crippen molar-refractivity contribution in [3.63, 3.8) is 0 Å². The van der Waals surface area contributed by atoms with Crippen molar-refractivity contribution in [2.45, 2.75) is 377 Å². The number of fused-ring (bicyclic) bond motifs is 10. The maximum Gasteiger partial charge on any atom is 0.101 e. The number of aliphatic hydroxyl groups excluding tert-OH is 1. The molecular formula is C93H166O7. The Morgan fingerprint density at radius 3 is 1.17 bits per heavy atom. The summed E-state index contributed by atoms with van der Waals surface area (Å²) in [6.45, 7) is 34.3. The van der Waals surface area contributed by atoms with E-state index in [1.807, 2.05) is 0 Å². The predicted molar refractivity (Wildman–Crippen MR) is 426 cm³/mol. The first-order valence-electron chi connectivity index (χ1n) is 44.6. The first-order chi connectivity index (χ1) is 48.7. The lowest BCUT2D eigenvalue weighted by atomic mass is 9.50. The van der Waals surface area contributed by atoms with Gasteiger partial charge in [0.1, 0.15) is 6.10 Å². The second-order valence-corrected chi connectivity index (χ2v) is 36.5. The molecule has 7 heteroatoms. The number of hydrogen-bond acceptors (Lipinski definition) is 7. The molecule has 7 nitrogen and oxygen atoms in total. The molecule has 580 valence electrons. The van der Waals surface area contributed by atoms with E-state index in [4.69, 9.17) is 28.4 Å². The van der Waals surface area contributed by atoms with Crippen LogP contribution < -0.4 is 0 Å². The number of hydrogen-bond donors (Lipinski definition) is 1. The monoisotopic (exact) mass is 1400 g/mol. The molecule has 0 saturated heterocycles. The number of ether oxygens (including phenoxy) is 6. The smallest absolute Gasteiger partial charge is 0.101 e. The third kappa shape index (κ3) is 29.0. The van der Waals surface area contributed by atoms with Crippen LogP contribution in [0.15, 0.2) is 47.6 Å². The van der Waals surface area contributed by atoms with E-state index in [0.717, 1.165) is 161 Å². The Morgan fingerprint density at radius 1 is 0.390 bits per heavy atom. The number of unbranched alkanes of at least 4 members (excludes halogenated alkanes) is 16. The van der Waals surface area contributed by atoms with E-state index < -0.39 is 6.10 Å². The van der Waals surface area contributed by atoms with Gasteiger partial charge in [-0.2, -0.15) is 0 Å². The highest BCUT2D eigenvalue weighted by Crippen LogP contribution is 2.65. The molecule has 0 radical (unpaired) electrons. The Bertz CT molecular complexity index is 2060. The minimum Gasteiger partial charge on any atom is -0.388 e. The minimum atomic E-state index is -0.520. The highest BCUT2D eigenvalue weighted by molar-refractivity contribution is 5.26. The second-order valence-electron chi connectivity index (χ2n) is 36.5. The molecule has 6 fully saturated rings. The van der Waals surface area contributed by atoms with Crippen LogP contribution in [0.4, 0.5) is 0 Å². The fourth-order valence-corrected chi connectivity index (χ4v) is 21.9. The zero-order valence-electron chi connectivity index (χ0n) is 67.9. The predicted octanol–water partition coefficient (Wildman–Crippen LogP) is 25.8.